The van der Waals surface area contributed by atoms with Gasteiger partial charge in [0.1, 0.15) is 0 Å². The molecule has 0 unspecified atom stereocenters. The smallest absolute Gasteiger partial charge is 0.294 e. The van der Waals surface area contributed by atoms with Gasteiger partial charge in [-0.05, 0) is 135 Å². The highest BCUT2D eigenvalue weighted by molar-refractivity contribution is 7.86. The van der Waals surface area contributed by atoms with Crippen LogP contribution in [-0.2, 0) is 30.4 Å². The summed E-state index contributed by atoms with van der Waals surface area (Å²) in [6.45, 7) is 25.5. The van der Waals surface area contributed by atoms with E-state index in [4.69, 9.17) is 0 Å². The lowest BCUT2D eigenvalue weighted by molar-refractivity contribution is 0.254. The van der Waals surface area contributed by atoms with Gasteiger partial charge in [-0.25, -0.2) is 0 Å². The minimum absolute atomic E-state index is 0.338. The summed E-state index contributed by atoms with van der Waals surface area (Å²) in [6.07, 6.45) is 52.3. The van der Waals surface area contributed by atoms with E-state index in [-0.39, 0.29) is 0 Å². The van der Waals surface area contributed by atoms with Gasteiger partial charge in [0.2, 0.25) is 0 Å². The molecule has 14 heteroatoms. The van der Waals surface area contributed by atoms with Gasteiger partial charge in [0.05, 0.1) is 14.7 Å². The van der Waals surface area contributed by atoms with E-state index in [0.717, 1.165) is 18.2 Å². The molecule has 0 radical (unpaired) electrons. The maximum Gasteiger partial charge on any atom is 0.294 e. The average Bonchev–Trinajstić information content (AvgIpc) is 3.39. The third-order valence-corrected chi connectivity index (χ3v) is 20.8. The van der Waals surface area contributed by atoms with Crippen LogP contribution < -0.4 is 15.9 Å². The summed E-state index contributed by atoms with van der Waals surface area (Å²) in [6, 6.07) is 15.7. The summed E-state index contributed by atoms with van der Waals surface area (Å²) in [5, 5.41) is 1.01. The Morgan fingerprint density at radius 1 is 0.301 bits per heavy atom. The molecule has 10 nitrogen and oxygen atoms in total. The van der Waals surface area contributed by atoms with Gasteiger partial charge in [-0.15, -0.1) is 0 Å². The number of hydrogen-bond acceptors (Lipinski definition) is 7. The van der Waals surface area contributed by atoms with Gasteiger partial charge in [0, 0.05) is 0 Å². The molecule has 83 heavy (non-hydrogen) atoms. The van der Waals surface area contributed by atoms with E-state index < -0.39 is 53.0 Å². The first-order valence-electron chi connectivity index (χ1n) is 32.8. The molecule has 0 spiro atoms. The lowest BCUT2D eigenvalue weighted by Gasteiger charge is -2.22. The van der Waals surface area contributed by atoms with Gasteiger partial charge in [0.15, 0.2) is 0 Å². The Kier molecular flexibility index (Phi) is 38.8. The molecule has 0 saturated carbocycles. The van der Waals surface area contributed by atoms with Crippen molar-refractivity contribution in [2.24, 2.45) is 16.2 Å². The standard InChI is InChI=1S/C51H105N.C18H15O9PS3/c1-49(2,3)43-37-31-25-19-13-10-16-22-28-34-40-46-52(47-41-35-29-23-17-11-14-20-26-32-38-44-50(4,5)6)48-42-36-30-24-18-12-15-21-27-33-39-45-51(7,8)9;19-29(20,21)16-7-1-4-13(10-16)28(14-5-2-8-17(11-14)30(22,23)24)15-6-3-9-18(12-15)31(25,26)27/h10-48H2,1-9H3;1-12H,(H,19,20,21)(H,22,23,24)(H,25,26,27). The monoisotopic (exact) mass is 1230 g/mol. The molecular formula is C69H120NO9PS3. The number of nitrogens with zero attached hydrogens (tertiary/aromatic N) is 1. The van der Waals surface area contributed by atoms with Crippen molar-refractivity contribution in [1.29, 1.82) is 0 Å². The second-order valence-corrected chi connectivity index (χ2v) is 34.2. The van der Waals surface area contributed by atoms with Gasteiger partial charge in [-0.1, -0.05) is 291 Å². The Hall–Kier alpha value is -2.22. The molecule has 3 N–H and O–H groups in total. The zero-order chi connectivity index (χ0) is 61.7. The molecule has 0 amide bonds. The maximum absolute atomic E-state index is 11.6. The largest absolute Gasteiger partial charge is 0.303 e. The van der Waals surface area contributed by atoms with Crippen molar-refractivity contribution >= 4 is 54.2 Å². The Balaban J connectivity index is 0.000000638. The molecule has 0 aliphatic heterocycles. The summed E-state index contributed by atoms with van der Waals surface area (Å²) in [5.41, 5.74) is 1.56. The molecule has 0 bridgehead atoms. The van der Waals surface area contributed by atoms with Gasteiger partial charge >= 0.3 is 0 Å². The second kappa shape index (κ2) is 41.8. The zero-order valence-corrected chi connectivity index (χ0v) is 57.3. The van der Waals surface area contributed by atoms with E-state index in [1.807, 2.05) is 0 Å². The highest BCUT2D eigenvalue weighted by Gasteiger charge is 2.23. The fraction of sp³-hybridized carbons (Fsp3) is 0.739. The number of rotatable bonds is 45. The molecule has 0 atom stereocenters. The minimum atomic E-state index is -4.55. The van der Waals surface area contributed by atoms with Crippen LogP contribution in [0.15, 0.2) is 87.5 Å². The molecule has 478 valence electrons. The van der Waals surface area contributed by atoms with E-state index in [0.29, 0.717) is 32.2 Å². The van der Waals surface area contributed by atoms with Crippen molar-refractivity contribution in [2.75, 3.05) is 19.6 Å². The van der Waals surface area contributed by atoms with E-state index in [9.17, 15) is 38.9 Å². The predicted octanol–water partition coefficient (Wildman–Crippen LogP) is 19.7. The minimum Gasteiger partial charge on any atom is -0.303 e. The van der Waals surface area contributed by atoms with Crippen molar-refractivity contribution in [3.63, 3.8) is 0 Å². The van der Waals surface area contributed by atoms with Crippen LogP contribution in [0, 0.1) is 16.2 Å². The number of unbranched alkanes of at least 4 members (excludes halogenated alkanes) is 30. The summed E-state index contributed by atoms with van der Waals surface area (Å²) < 4.78 is 97.7. The highest BCUT2D eigenvalue weighted by Crippen LogP contribution is 2.35. The quantitative estimate of drug-likeness (QED) is 0.0282. The van der Waals surface area contributed by atoms with Crippen molar-refractivity contribution in [3.8, 4) is 0 Å². The van der Waals surface area contributed by atoms with Crippen molar-refractivity contribution in [3.05, 3.63) is 72.8 Å². The second-order valence-electron chi connectivity index (χ2n) is 27.7. The van der Waals surface area contributed by atoms with Gasteiger partial charge in [-0.2, -0.15) is 25.3 Å². The van der Waals surface area contributed by atoms with Crippen molar-refractivity contribution in [2.45, 2.75) is 308 Å². The number of hydrogen-bond donors (Lipinski definition) is 3. The lowest BCUT2D eigenvalue weighted by atomic mass is 9.89. The predicted molar refractivity (Wildman–Crippen MR) is 356 cm³/mol. The molecule has 0 fully saturated rings. The van der Waals surface area contributed by atoms with E-state index in [1.54, 1.807) is 0 Å². The molecule has 0 saturated heterocycles. The zero-order valence-electron chi connectivity index (χ0n) is 53.9. The third kappa shape index (κ3) is 40.8. The molecular weight excluding hydrogens is 1110 g/mol. The fourth-order valence-corrected chi connectivity index (χ4v) is 15.1. The van der Waals surface area contributed by atoms with Gasteiger partial charge in [0.25, 0.3) is 30.4 Å². The number of benzene rings is 3. The van der Waals surface area contributed by atoms with Crippen LogP contribution in [0.2, 0.25) is 0 Å². The van der Waals surface area contributed by atoms with Gasteiger partial charge in [-0.3, -0.25) is 13.7 Å². The summed E-state index contributed by atoms with van der Waals surface area (Å²) in [7, 11) is -15.4. The van der Waals surface area contributed by atoms with Crippen LogP contribution in [0.25, 0.3) is 0 Å². The van der Waals surface area contributed by atoms with Crippen molar-refractivity contribution < 1.29 is 38.9 Å². The molecule has 0 aliphatic rings. The third-order valence-electron chi connectivity index (χ3n) is 15.8. The van der Waals surface area contributed by atoms with E-state index >= 15 is 0 Å². The van der Waals surface area contributed by atoms with E-state index in [1.165, 1.54) is 305 Å². The maximum atomic E-state index is 11.6. The summed E-state index contributed by atoms with van der Waals surface area (Å²) in [4.78, 5) is 1.65. The molecule has 0 aromatic heterocycles. The SMILES string of the molecule is CC(C)(C)CCCCCCCCCCCCCN(CCCCCCCCCCCCCC(C)(C)C)CCCCCCCCCCCCCC(C)(C)C.O=S(=O)(O)c1cccc(P(c2cccc(S(=O)(=O)O)c2)c2cccc(S(=O)(=O)O)c2)c1. The Morgan fingerprint density at radius 2 is 0.482 bits per heavy atom. The van der Waals surface area contributed by atoms with Crippen LogP contribution in [0.3, 0.4) is 0 Å². The summed E-state index contributed by atoms with van der Waals surface area (Å²) in [5.74, 6) is 0. The average molecular weight is 1230 g/mol. The first-order valence-corrected chi connectivity index (χ1v) is 38.5. The van der Waals surface area contributed by atoms with Crippen LogP contribution in [0.5, 0.6) is 0 Å². The topological polar surface area (TPSA) is 166 Å². The summed E-state index contributed by atoms with van der Waals surface area (Å²) >= 11 is 0. The molecule has 3 aromatic rings. The van der Waals surface area contributed by atoms with Crippen LogP contribution in [0.1, 0.15) is 293 Å². The molecule has 3 aromatic carbocycles. The Bertz CT molecular complexity index is 2220. The molecule has 0 aliphatic carbocycles. The fourth-order valence-electron chi connectivity index (χ4n) is 10.9. The van der Waals surface area contributed by atoms with Crippen LogP contribution >= 0.6 is 7.92 Å². The first kappa shape index (κ1) is 76.9. The van der Waals surface area contributed by atoms with E-state index in [2.05, 4.69) is 67.2 Å². The lowest BCUT2D eigenvalue weighted by Crippen LogP contribution is -2.27. The Morgan fingerprint density at radius 3 is 0.663 bits per heavy atom. The molecule has 3 rings (SSSR count). The highest BCUT2D eigenvalue weighted by atomic mass is 32.2. The Labute approximate surface area is 511 Å². The van der Waals surface area contributed by atoms with Gasteiger partial charge < -0.3 is 4.90 Å². The van der Waals surface area contributed by atoms with Crippen molar-refractivity contribution in [1.82, 2.24) is 4.90 Å². The van der Waals surface area contributed by atoms with Crippen LogP contribution in [-0.4, -0.2) is 63.4 Å². The first-order chi connectivity index (χ1) is 39.1. The van der Waals surface area contributed by atoms with Crippen LogP contribution in [0.4, 0.5) is 0 Å². The molecule has 0 heterocycles. The normalized spacial score (nSPS) is 12.8.